The van der Waals surface area contributed by atoms with Crippen molar-refractivity contribution in [3.8, 4) is 0 Å². The standard InChI is InChI=1S/C23H41NO7.CHNO.5CH4/c1-22(2)13-18(24-21(29)31-20(28)10-5-4-7-11-25)14-23(3,16-22)17-30-15-19(27)9-6-8-12-26;2-1-3;;;;;/h18,25-26H,4-17H2,1-3H3,(H,24,29);2H;5*1H4. The van der Waals surface area contributed by atoms with E-state index in [2.05, 4.69) is 26.1 Å². The lowest BCUT2D eigenvalue weighted by Crippen LogP contribution is -2.48. The van der Waals surface area contributed by atoms with Gasteiger partial charge in [0.05, 0.1) is 6.61 Å². The third kappa shape index (κ3) is 25.9. The predicted molar refractivity (Wildman–Crippen MR) is 159 cm³/mol. The lowest BCUT2D eigenvalue weighted by atomic mass is 9.63. The van der Waals surface area contributed by atoms with Crippen LogP contribution in [0.3, 0.4) is 0 Å². The molecule has 10 heteroatoms. The van der Waals surface area contributed by atoms with E-state index in [9.17, 15) is 14.4 Å². The maximum absolute atomic E-state index is 12.2. The van der Waals surface area contributed by atoms with Crippen LogP contribution in [0.25, 0.3) is 0 Å². The Hall–Kier alpha value is -2.13. The minimum Gasteiger partial charge on any atom is -0.396 e. The van der Waals surface area contributed by atoms with E-state index in [0.717, 1.165) is 18.9 Å². The number of alkyl carbamates (subject to hydrolysis) is 1. The first kappa shape index (κ1) is 49.8. The zero-order chi connectivity index (χ0) is 26.0. The lowest BCUT2D eigenvalue weighted by Gasteiger charge is -2.46. The van der Waals surface area contributed by atoms with Crippen LogP contribution in [0.4, 0.5) is 4.79 Å². The average Bonchev–Trinajstić information content (AvgIpc) is 2.70. The molecule has 0 aromatic carbocycles. The molecule has 0 saturated heterocycles. The van der Waals surface area contributed by atoms with E-state index in [1.807, 2.05) is 0 Å². The molecule has 0 spiro atoms. The van der Waals surface area contributed by atoms with Gasteiger partial charge in [-0.05, 0) is 55.8 Å². The highest BCUT2D eigenvalue weighted by Crippen LogP contribution is 2.46. The van der Waals surface area contributed by atoms with Gasteiger partial charge in [0.1, 0.15) is 6.61 Å². The smallest absolute Gasteiger partial charge is 0.396 e. The highest BCUT2D eigenvalue weighted by molar-refractivity contribution is 5.84. The molecule has 236 valence electrons. The van der Waals surface area contributed by atoms with Crippen LogP contribution in [-0.2, 0) is 23.9 Å². The first-order chi connectivity index (χ1) is 16.0. The molecule has 1 aliphatic rings. The van der Waals surface area contributed by atoms with E-state index in [4.69, 9.17) is 29.9 Å². The summed E-state index contributed by atoms with van der Waals surface area (Å²) in [6.45, 7) is 7.02. The predicted octanol–water partition coefficient (Wildman–Crippen LogP) is 6.21. The average molecular weight is 567 g/mol. The lowest BCUT2D eigenvalue weighted by molar-refractivity contribution is -0.137. The third-order valence-corrected chi connectivity index (χ3v) is 5.59. The maximum Gasteiger partial charge on any atom is 0.415 e. The number of carbonyl (C=O) groups is 3. The number of hydrogen-bond acceptors (Lipinski definition) is 9. The summed E-state index contributed by atoms with van der Waals surface area (Å²) in [4.78, 5) is 44.2. The summed E-state index contributed by atoms with van der Waals surface area (Å²) in [6.07, 6.45) is 6.14. The Kier molecular flexibility index (Phi) is 35.0. The van der Waals surface area contributed by atoms with Crippen LogP contribution in [0.5, 0.6) is 0 Å². The first-order valence-corrected chi connectivity index (χ1v) is 11.9. The molecule has 2 atom stereocenters. The number of amides is 1. The molecule has 0 bridgehead atoms. The zero-order valence-electron chi connectivity index (χ0n) is 20.8. The van der Waals surface area contributed by atoms with E-state index in [1.54, 1.807) is 0 Å². The van der Waals surface area contributed by atoms with Crippen molar-refractivity contribution in [3.05, 3.63) is 0 Å². The summed E-state index contributed by atoms with van der Waals surface area (Å²) in [5, 5.41) is 25.8. The molecule has 0 radical (unpaired) electrons. The fourth-order valence-corrected chi connectivity index (χ4v) is 4.67. The summed E-state index contributed by atoms with van der Waals surface area (Å²) < 4.78 is 10.6. The molecule has 1 amide bonds. The van der Waals surface area contributed by atoms with Gasteiger partial charge in [-0.1, -0.05) is 64.3 Å². The van der Waals surface area contributed by atoms with Gasteiger partial charge in [0.2, 0.25) is 6.08 Å². The summed E-state index contributed by atoms with van der Waals surface area (Å²) in [5.74, 6) is -0.529. The quantitative estimate of drug-likeness (QED) is 0.0634. The number of aliphatic hydroxyl groups excluding tert-OH is 2. The Balaban J connectivity index is -0.000000324. The summed E-state index contributed by atoms with van der Waals surface area (Å²) >= 11 is 0. The monoisotopic (exact) mass is 566 g/mol. The fraction of sp³-hybridized carbons (Fsp3) is 0.862. The van der Waals surface area contributed by atoms with Gasteiger partial charge in [-0.25, -0.2) is 15.0 Å². The normalized spacial score (nSPS) is 18.2. The van der Waals surface area contributed by atoms with Crippen molar-refractivity contribution >= 4 is 23.9 Å². The molecule has 0 aliphatic heterocycles. The van der Waals surface area contributed by atoms with E-state index in [1.165, 1.54) is 0 Å². The van der Waals surface area contributed by atoms with Gasteiger partial charge in [0, 0.05) is 32.1 Å². The topological polar surface area (TPSA) is 163 Å². The van der Waals surface area contributed by atoms with Crippen molar-refractivity contribution in [2.45, 2.75) is 128 Å². The van der Waals surface area contributed by atoms with Crippen LogP contribution in [0.1, 0.15) is 122 Å². The SMILES string of the molecule is C.C.C.C.C.CC1(C)CC(NC(=O)OC(=O)CCCCCO)CC(C)(COCC(=O)CCCCO)C1.N=C=O. The van der Waals surface area contributed by atoms with E-state index in [0.29, 0.717) is 51.6 Å². The van der Waals surface area contributed by atoms with Gasteiger partial charge in [0.15, 0.2) is 5.78 Å². The minimum absolute atomic E-state index is 0. The molecule has 39 heavy (non-hydrogen) atoms. The van der Waals surface area contributed by atoms with Crippen molar-refractivity contribution in [1.29, 1.82) is 5.41 Å². The molecule has 1 saturated carbocycles. The van der Waals surface area contributed by atoms with E-state index in [-0.39, 0.29) is 86.0 Å². The van der Waals surface area contributed by atoms with Gasteiger partial charge in [0.25, 0.3) is 0 Å². The van der Waals surface area contributed by atoms with Crippen molar-refractivity contribution in [2.24, 2.45) is 10.8 Å². The van der Waals surface area contributed by atoms with Crippen LogP contribution in [0.2, 0.25) is 0 Å². The maximum atomic E-state index is 12.2. The van der Waals surface area contributed by atoms with Crippen LogP contribution < -0.4 is 5.32 Å². The number of unbranched alkanes of at least 4 members (excludes halogenated alkanes) is 3. The number of hydrogen-bond donors (Lipinski definition) is 4. The Bertz CT molecular complexity index is 664. The zero-order valence-corrected chi connectivity index (χ0v) is 20.8. The number of rotatable bonds is 14. The second-order valence-electron chi connectivity index (χ2n) is 10.0. The number of aliphatic hydroxyl groups is 2. The van der Waals surface area contributed by atoms with Gasteiger partial charge in [-0.3, -0.25) is 9.59 Å². The number of isocyanates is 1. The number of ketones is 1. The fourth-order valence-electron chi connectivity index (χ4n) is 4.67. The van der Waals surface area contributed by atoms with Crippen molar-refractivity contribution in [3.63, 3.8) is 0 Å². The molecular formula is C29H62N2O8. The molecule has 1 fully saturated rings. The largest absolute Gasteiger partial charge is 0.415 e. The number of nitrogens with one attached hydrogen (secondary N) is 2. The van der Waals surface area contributed by atoms with Crippen molar-refractivity contribution in [1.82, 2.24) is 5.32 Å². The number of Topliss-reactive ketones (excluding diaryl/α,β-unsaturated/α-hetero) is 1. The minimum atomic E-state index is -0.725. The van der Waals surface area contributed by atoms with E-state index >= 15 is 0 Å². The molecule has 1 aliphatic carbocycles. The van der Waals surface area contributed by atoms with Crippen LogP contribution in [0.15, 0.2) is 0 Å². The second kappa shape index (κ2) is 27.4. The van der Waals surface area contributed by atoms with Gasteiger partial charge < -0.3 is 25.0 Å². The van der Waals surface area contributed by atoms with E-state index < -0.39 is 12.1 Å². The number of carbonyl (C=O) groups excluding carboxylic acids is 4. The first-order valence-electron chi connectivity index (χ1n) is 11.9. The molecule has 0 aromatic heterocycles. The van der Waals surface area contributed by atoms with Gasteiger partial charge in [-0.2, -0.15) is 0 Å². The van der Waals surface area contributed by atoms with Crippen molar-refractivity contribution in [2.75, 3.05) is 26.4 Å². The highest BCUT2D eigenvalue weighted by atomic mass is 16.6. The number of esters is 1. The molecular weight excluding hydrogens is 504 g/mol. The molecule has 2 unspecified atom stereocenters. The molecule has 10 nitrogen and oxygen atoms in total. The summed E-state index contributed by atoms with van der Waals surface area (Å²) in [6, 6.07) is -0.146. The van der Waals surface area contributed by atoms with Crippen LogP contribution in [0, 0.1) is 16.2 Å². The Morgan fingerprint density at radius 1 is 0.897 bits per heavy atom. The molecule has 4 N–H and O–H groups in total. The van der Waals surface area contributed by atoms with Crippen molar-refractivity contribution < 1.29 is 38.9 Å². The Morgan fingerprint density at radius 2 is 1.41 bits per heavy atom. The number of ether oxygens (including phenoxy) is 2. The van der Waals surface area contributed by atoms with Crippen LogP contribution >= 0.6 is 0 Å². The second-order valence-corrected chi connectivity index (χ2v) is 10.0. The van der Waals surface area contributed by atoms with Crippen LogP contribution in [-0.4, -0.2) is 66.6 Å². The molecule has 0 heterocycles. The summed E-state index contributed by atoms with van der Waals surface area (Å²) in [5.41, 5.74) is -0.243. The Morgan fingerprint density at radius 3 is 1.95 bits per heavy atom. The summed E-state index contributed by atoms with van der Waals surface area (Å²) in [7, 11) is 0. The Labute approximate surface area is 239 Å². The highest BCUT2D eigenvalue weighted by Gasteiger charge is 2.42. The third-order valence-electron chi connectivity index (χ3n) is 5.59. The van der Waals surface area contributed by atoms with Gasteiger partial charge >= 0.3 is 12.1 Å². The molecule has 1 rings (SSSR count). The molecule has 0 aromatic rings. The van der Waals surface area contributed by atoms with Gasteiger partial charge in [-0.15, -0.1) is 0 Å².